The molecule has 2 rings (SSSR count). The lowest BCUT2D eigenvalue weighted by Crippen LogP contribution is -2.27. The van der Waals surface area contributed by atoms with Crippen LogP contribution in [0.1, 0.15) is 37.8 Å². The fourth-order valence-electron chi connectivity index (χ4n) is 2.80. The minimum absolute atomic E-state index is 0.0667. The number of allylic oxidation sites excluding steroid dienone is 2. The van der Waals surface area contributed by atoms with Crippen LogP contribution in [0.15, 0.2) is 48.3 Å². The van der Waals surface area contributed by atoms with E-state index in [-0.39, 0.29) is 11.2 Å². The molecule has 0 aromatic heterocycles. The van der Waals surface area contributed by atoms with E-state index in [0.717, 1.165) is 28.9 Å². The van der Waals surface area contributed by atoms with Crippen LogP contribution in [0, 0.1) is 17.8 Å². The van der Waals surface area contributed by atoms with Gasteiger partial charge in [-0.2, -0.15) is 0 Å². The Bertz CT molecular complexity index is 657. The smallest absolute Gasteiger partial charge is 0.163 e. The third-order valence-electron chi connectivity index (χ3n) is 3.87. The third kappa shape index (κ3) is 3.68. The van der Waals surface area contributed by atoms with E-state index in [1.165, 1.54) is 0 Å². The van der Waals surface area contributed by atoms with Crippen LogP contribution >= 0.6 is 0 Å². The SMILES string of the molecule is C#Cc1ccccc1CC1=C(OCC=C)CC(C)(C)CC1=O. The molecule has 114 valence electrons. The number of hydrogen-bond donors (Lipinski definition) is 0. The van der Waals surface area contributed by atoms with Crippen LogP contribution in [0.25, 0.3) is 0 Å². The van der Waals surface area contributed by atoms with E-state index < -0.39 is 0 Å². The van der Waals surface area contributed by atoms with Gasteiger partial charge in [-0.05, 0) is 17.0 Å². The Balaban J connectivity index is 2.38. The van der Waals surface area contributed by atoms with E-state index in [9.17, 15) is 4.79 Å². The molecule has 2 heteroatoms. The van der Waals surface area contributed by atoms with Crippen LogP contribution in [0.2, 0.25) is 0 Å². The molecule has 0 atom stereocenters. The summed E-state index contributed by atoms with van der Waals surface area (Å²) in [5.41, 5.74) is 2.51. The number of ketones is 1. The first-order chi connectivity index (χ1) is 10.5. The molecule has 1 aromatic carbocycles. The molecule has 22 heavy (non-hydrogen) atoms. The summed E-state index contributed by atoms with van der Waals surface area (Å²) in [7, 11) is 0. The molecule has 0 spiro atoms. The fourth-order valence-corrected chi connectivity index (χ4v) is 2.80. The van der Waals surface area contributed by atoms with Crippen molar-refractivity contribution < 1.29 is 9.53 Å². The zero-order chi connectivity index (χ0) is 16.2. The molecule has 0 aliphatic heterocycles. The van der Waals surface area contributed by atoms with Gasteiger partial charge in [0.25, 0.3) is 0 Å². The Kier molecular flexibility index (Phi) is 4.88. The van der Waals surface area contributed by atoms with Crippen molar-refractivity contribution in [1.29, 1.82) is 0 Å². The summed E-state index contributed by atoms with van der Waals surface area (Å²) in [5.74, 6) is 3.62. The van der Waals surface area contributed by atoms with Crippen molar-refractivity contribution in [2.45, 2.75) is 33.1 Å². The van der Waals surface area contributed by atoms with Crippen molar-refractivity contribution in [2.75, 3.05) is 6.61 Å². The largest absolute Gasteiger partial charge is 0.493 e. The average Bonchev–Trinajstić information content (AvgIpc) is 2.48. The minimum atomic E-state index is -0.0667. The lowest BCUT2D eigenvalue weighted by molar-refractivity contribution is -0.118. The van der Waals surface area contributed by atoms with Gasteiger partial charge in [-0.1, -0.05) is 50.6 Å². The zero-order valence-corrected chi connectivity index (χ0v) is 13.3. The average molecular weight is 294 g/mol. The first-order valence-corrected chi connectivity index (χ1v) is 7.50. The predicted molar refractivity (Wildman–Crippen MR) is 89.3 cm³/mol. The monoisotopic (exact) mass is 294 g/mol. The fraction of sp³-hybridized carbons (Fsp3) is 0.350. The van der Waals surface area contributed by atoms with E-state index in [0.29, 0.717) is 19.4 Å². The van der Waals surface area contributed by atoms with Crippen molar-refractivity contribution >= 4 is 5.78 Å². The number of carbonyl (C=O) groups excluding carboxylic acids is 1. The highest BCUT2D eigenvalue weighted by atomic mass is 16.5. The highest BCUT2D eigenvalue weighted by Crippen LogP contribution is 2.38. The van der Waals surface area contributed by atoms with Crippen molar-refractivity contribution in [2.24, 2.45) is 5.41 Å². The van der Waals surface area contributed by atoms with Gasteiger partial charge in [0.1, 0.15) is 12.4 Å². The van der Waals surface area contributed by atoms with Crippen LogP contribution in [0.3, 0.4) is 0 Å². The summed E-state index contributed by atoms with van der Waals surface area (Å²) in [6.07, 6.45) is 9.09. The van der Waals surface area contributed by atoms with E-state index in [1.807, 2.05) is 24.3 Å². The molecule has 2 nitrogen and oxygen atoms in total. The second-order valence-corrected chi connectivity index (χ2v) is 6.42. The molecule has 0 fully saturated rings. The van der Waals surface area contributed by atoms with Gasteiger partial charge >= 0.3 is 0 Å². The van der Waals surface area contributed by atoms with Gasteiger partial charge in [0, 0.05) is 30.4 Å². The molecular formula is C20H22O2. The molecule has 1 aliphatic carbocycles. The first kappa shape index (κ1) is 16.1. The molecule has 0 amide bonds. The maximum atomic E-state index is 12.6. The Hall–Kier alpha value is -2.27. The summed E-state index contributed by atoms with van der Waals surface area (Å²) in [4.78, 5) is 12.6. The molecule has 0 bridgehead atoms. The van der Waals surface area contributed by atoms with Crippen molar-refractivity contribution in [3.05, 3.63) is 59.4 Å². The first-order valence-electron chi connectivity index (χ1n) is 7.50. The number of rotatable bonds is 5. The van der Waals surface area contributed by atoms with E-state index in [2.05, 4.69) is 26.3 Å². The van der Waals surface area contributed by atoms with Crippen LogP contribution < -0.4 is 0 Å². The predicted octanol–water partition coefficient (Wildman–Crippen LogP) is 4.06. The van der Waals surface area contributed by atoms with Gasteiger partial charge in [-0.15, -0.1) is 6.42 Å². The van der Waals surface area contributed by atoms with Gasteiger partial charge in [-0.3, -0.25) is 4.79 Å². The van der Waals surface area contributed by atoms with Gasteiger partial charge < -0.3 is 4.74 Å². The van der Waals surface area contributed by atoms with E-state index in [1.54, 1.807) is 6.08 Å². The maximum absolute atomic E-state index is 12.6. The molecule has 1 aromatic rings. The van der Waals surface area contributed by atoms with Crippen LogP contribution in [-0.2, 0) is 16.0 Å². The van der Waals surface area contributed by atoms with Crippen LogP contribution in [0.4, 0.5) is 0 Å². The van der Waals surface area contributed by atoms with Crippen molar-refractivity contribution in [1.82, 2.24) is 0 Å². The van der Waals surface area contributed by atoms with Gasteiger partial charge in [0.05, 0.1) is 0 Å². The van der Waals surface area contributed by atoms with Gasteiger partial charge in [-0.25, -0.2) is 0 Å². The molecule has 1 aliphatic rings. The molecule has 0 saturated carbocycles. The number of hydrogen-bond acceptors (Lipinski definition) is 2. The number of benzene rings is 1. The molecule has 0 N–H and O–H groups in total. The van der Waals surface area contributed by atoms with Gasteiger partial charge in [0.2, 0.25) is 0 Å². The van der Waals surface area contributed by atoms with Crippen LogP contribution in [-0.4, -0.2) is 12.4 Å². The Labute approximate surface area is 132 Å². The molecular weight excluding hydrogens is 272 g/mol. The second-order valence-electron chi connectivity index (χ2n) is 6.42. The number of terminal acetylenes is 1. The van der Waals surface area contributed by atoms with E-state index in [4.69, 9.17) is 11.2 Å². The van der Waals surface area contributed by atoms with Gasteiger partial charge in [0.15, 0.2) is 5.78 Å². The summed E-state index contributed by atoms with van der Waals surface area (Å²) in [6, 6.07) is 7.73. The summed E-state index contributed by atoms with van der Waals surface area (Å²) < 4.78 is 5.79. The maximum Gasteiger partial charge on any atom is 0.163 e. The highest BCUT2D eigenvalue weighted by Gasteiger charge is 2.34. The summed E-state index contributed by atoms with van der Waals surface area (Å²) in [5, 5.41) is 0. The number of carbonyl (C=O) groups is 1. The Morgan fingerprint density at radius 1 is 1.36 bits per heavy atom. The number of Topliss-reactive ketones (excluding diaryl/α,β-unsaturated/α-hetero) is 1. The Morgan fingerprint density at radius 3 is 2.77 bits per heavy atom. The van der Waals surface area contributed by atoms with Crippen molar-refractivity contribution in [3.63, 3.8) is 0 Å². The lowest BCUT2D eigenvalue weighted by atomic mass is 9.75. The lowest BCUT2D eigenvalue weighted by Gasteiger charge is -2.32. The topological polar surface area (TPSA) is 26.3 Å². The standard InChI is InChI=1S/C20H22O2/c1-5-11-22-19-14-20(3,4)13-18(21)17(19)12-16-10-8-7-9-15(16)6-2/h2,5,7-10H,1,11-14H2,3-4H3. The molecule has 0 radical (unpaired) electrons. The summed E-state index contributed by atoms with van der Waals surface area (Å²) in [6.45, 7) is 8.28. The third-order valence-corrected chi connectivity index (χ3v) is 3.87. The highest BCUT2D eigenvalue weighted by molar-refractivity contribution is 5.97. The van der Waals surface area contributed by atoms with Crippen molar-refractivity contribution in [3.8, 4) is 12.3 Å². The normalized spacial score (nSPS) is 17.0. The quantitative estimate of drug-likeness (QED) is 0.605. The minimum Gasteiger partial charge on any atom is -0.493 e. The molecule has 0 unspecified atom stereocenters. The zero-order valence-electron chi connectivity index (χ0n) is 13.3. The van der Waals surface area contributed by atoms with E-state index >= 15 is 0 Å². The van der Waals surface area contributed by atoms with Crippen LogP contribution in [0.5, 0.6) is 0 Å². The molecule has 0 saturated heterocycles. The molecule has 0 heterocycles. The second kappa shape index (κ2) is 6.66. The number of ether oxygens (including phenoxy) is 1. The summed E-state index contributed by atoms with van der Waals surface area (Å²) >= 11 is 0. The Morgan fingerprint density at radius 2 is 2.09 bits per heavy atom.